The van der Waals surface area contributed by atoms with Gasteiger partial charge in [-0.25, -0.2) is 0 Å². The predicted molar refractivity (Wildman–Crippen MR) is 108 cm³/mol. The highest BCUT2D eigenvalue weighted by atomic mass is 35.5. The van der Waals surface area contributed by atoms with Crippen LogP contribution in [-0.2, 0) is 6.54 Å². The summed E-state index contributed by atoms with van der Waals surface area (Å²) < 4.78 is 4.69. The van der Waals surface area contributed by atoms with Gasteiger partial charge in [-0.05, 0) is 62.8 Å². The summed E-state index contributed by atoms with van der Waals surface area (Å²) in [5.41, 5.74) is 3.17. The van der Waals surface area contributed by atoms with Gasteiger partial charge in [-0.2, -0.15) is 9.78 Å². The first kappa shape index (κ1) is 17.3. The van der Waals surface area contributed by atoms with E-state index in [4.69, 9.17) is 11.6 Å². The second-order valence-corrected chi connectivity index (χ2v) is 7.92. The Labute approximate surface area is 160 Å². The Hall–Kier alpha value is -2.15. The third-order valence-corrected chi connectivity index (χ3v) is 5.57. The molecule has 0 N–H and O–H groups in total. The molecule has 3 heterocycles. The number of fused-ring (bicyclic) bond motifs is 3. The van der Waals surface area contributed by atoms with Crippen molar-refractivity contribution in [2.45, 2.75) is 13.0 Å². The quantitative estimate of drug-likeness (QED) is 0.521. The van der Waals surface area contributed by atoms with Crippen LogP contribution in [-0.4, -0.2) is 39.9 Å². The number of hydrogen-bond donors (Lipinski definition) is 0. The number of nitrogens with zero attached hydrogens (tertiary/aromatic N) is 4. The van der Waals surface area contributed by atoms with E-state index in [1.165, 1.54) is 4.68 Å². The van der Waals surface area contributed by atoms with Gasteiger partial charge in [0.25, 0.3) is 5.56 Å². The number of rotatable bonds is 5. The molecule has 4 rings (SSSR count). The van der Waals surface area contributed by atoms with Crippen LogP contribution in [0.3, 0.4) is 0 Å². The van der Waals surface area contributed by atoms with Gasteiger partial charge < -0.3 is 9.47 Å². The summed E-state index contributed by atoms with van der Waals surface area (Å²) in [4.78, 5) is 15.1. The molecule has 0 amide bonds. The van der Waals surface area contributed by atoms with Gasteiger partial charge in [-0.3, -0.25) is 4.79 Å². The second-order valence-electron chi connectivity index (χ2n) is 6.57. The van der Waals surface area contributed by atoms with Crippen LogP contribution in [0.25, 0.3) is 27.2 Å². The molecule has 0 aliphatic carbocycles. The van der Waals surface area contributed by atoms with E-state index < -0.39 is 0 Å². The molecule has 0 fully saturated rings. The van der Waals surface area contributed by atoms with E-state index in [-0.39, 0.29) is 5.56 Å². The number of pyridine rings is 1. The lowest BCUT2D eigenvalue weighted by molar-refractivity contribution is 0.388. The average molecular weight is 387 g/mol. The second kappa shape index (κ2) is 6.87. The normalized spacial score (nSPS) is 11.8. The minimum atomic E-state index is -0.0982. The largest absolute Gasteiger partial charge is 0.346 e. The molecule has 7 heteroatoms. The molecule has 2 aliphatic rings. The topological polar surface area (TPSA) is 43.1 Å². The van der Waals surface area contributed by atoms with Crippen LogP contribution in [0.15, 0.2) is 46.7 Å². The van der Waals surface area contributed by atoms with Gasteiger partial charge in [0, 0.05) is 17.8 Å². The Morgan fingerprint density at radius 3 is 2.69 bits per heavy atom. The smallest absolute Gasteiger partial charge is 0.282 e. The van der Waals surface area contributed by atoms with Gasteiger partial charge in [-0.1, -0.05) is 11.6 Å². The van der Waals surface area contributed by atoms with Gasteiger partial charge >= 0.3 is 0 Å². The van der Waals surface area contributed by atoms with E-state index in [2.05, 4.69) is 40.1 Å². The van der Waals surface area contributed by atoms with Gasteiger partial charge in [0.1, 0.15) is 5.69 Å². The first-order chi connectivity index (χ1) is 12.5. The van der Waals surface area contributed by atoms with Gasteiger partial charge in [0.2, 0.25) is 0 Å². The van der Waals surface area contributed by atoms with Crippen molar-refractivity contribution in [1.29, 1.82) is 0 Å². The van der Waals surface area contributed by atoms with Crippen molar-refractivity contribution < 1.29 is 0 Å². The maximum atomic E-state index is 13.0. The molecule has 0 radical (unpaired) electrons. The van der Waals surface area contributed by atoms with Crippen LogP contribution < -0.4 is 5.56 Å². The minimum Gasteiger partial charge on any atom is -0.346 e. The van der Waals surface area contributed by atoms with Crippen molar-refractivity contribution in [1.82, 2.24) is 19.2 Å². The van der Waals surface area contributed by atoms with Gasteiger partial charge in [0.15, 0.2) is 0 Å². The highest BCUT2D eigenvalue weighted by Crippen LogP contribution is 2.32. The molecule has 0 atom stereocenters. The summed E-state index contributed by atoms with van der Waals surface area (Å²) in [7, 11) is 4.14. The molecule has 134 valence electrons. The first-order valence-corrected chi connectivity index (χ1v) is 9.70. The predicted octanol–water partition coefficient (Wildman–Crippen LogP) is 3.96. The van der Waals surface area contributed by atoms with Crippen LogP contribution in [0, 0.1) is 0 Å². The molecular formula is C19H19ClN4OS. The zero-order chi connectivity index (χ0) is 18.3. The van der Waals surface area contributed by atoms with Crippen molar-refractivity contribution in [2.24, 2.45) is 0 Å². The molecule has 0 bridgehead atoms. The molecule has 2 aliphatic heterocycles. The van der Waals surface area contributed by atoms with E-state index in [9.17, 15) is 4.79 Å². The van der Waals surface area contributed by atoms with E-state index in [0.29, 0.717) is 10.6 Å². The summed E-state index contributed by atoms with van der Waals surface area (Å²) >= 11 is 7.58. The van der Waals surface area contributed by atoms with E-state index in [1.807, 2.05) is 18.3 Å². The zero-order valence-corrected chi connectivity index (χ0v) is 16.2. The number of benzene rings is 1. The Bertz CT molecular complexity index is 1080. The van der Waals surface area contributed by atoms with Crippen molar-refractivity contribution in [3.63, 3.8) is 0 Å². The summed E-state index contributed by atoms with van der Waals surface area (Å²) in [6.07, 6.45) is 2.97. The lowest BCUT2D eigenvalue weighted by atomic mass is 10.2. The van der Waals surface area contributed by atoms with Crippen LogP contribution in [0.1, 0.15) is 6.42 Å². The Kier molecular flexibility index (Phi) is 4.56. The minimum absolute atomic E-state index is 0.0982. The van der Waals surface area contributed by atoms with E-state index in [1.54, 1.807) is 23.5 Å². The van der Waals surface area contributed by atoms with Crippen LogP contribution >= 0.6 is 22.9 Å². The molecular weight excluding hydrogens is 368 g/mol. The van der Waals surface area contributed by atoms with Crippen molar-refractivity contribution in [3.05, 3.63) is 57.3 Å². The van der Waals surface area contributed by atoms with Crippen LogP contribution in [0.2, 0.25) is 5.02 Å². The molecule has 0 saturated heterocycles. The molecule has 26 heavy (non-hydrogen) atoms. The first-order valence-electron chi connectivity index (χ1n) is 8.44. The molecule has 0 saturated carbocycles. The SMILES string of the molecule is CN(C)CCCn1cc2c(=O)n(-c3ccc(Cl)cc3)nc-2c2sccc21. The molecule has 0 unspecified atom stereocenters. The fourth-order valence-electron chi connectivity index (χ4n) is 3.13. The lowest BCUT2D eigenvalue weighted by Gasteiger charge is -2.13. The van der Waals surface area contributed by atoms with Crippen LogP contribution in [0.5, 0.6) is 0 Å². The fourth-order valence-corrected chi connectivity index (χ4v) is 4.16. The molecule has 0 spiro atoms. The maximum absolute atomic E-state index is 13.0. The maximum Gasteiger partial charge on any atom is 0.282 e. The third-order valence-electron chi connectivity index (χ3n) is 4.41. The zero-order valence-electron chi connectivity index (χ0n) is 14.6. The molecule has 5 nitrogen and oxygen atoms in total. The molecule has 1 aromatic heterocycles. The number of hydrogen-bond acceptors (Lipinski definition) is 4. The van der Waals surface area contributed by atoms with Crippen molar-refractivity contribution in [2.75, 3.05) is 20.6 Å². The number of aryl methyl sites for hydroxylation is 1. The Morgan fingerprint density at radius 2 is 1.96 bits per heavy atom. The lowest BCUT2D eigenvalue weighted by Crippen LogP contribution is -2.16. The summed E-state index contributed by atoms with van der Waals surface area (Å²) in [5.74, 6) is 0. The average Bonchev–Trinajstić information content (AvgIpc) is 3.21. The monoisotopic (exact) mass is 386 g/mol. The summed E-state index contributed by atoms with van der Waals surface area (Å²) in [6, 6.07) is 9.26. The third kappa shape index (κ3) is 3.05. The fraction of sp³-hybridized carbons (Fsp3) is 0.263. The number of thiophene rings is 1. The Balaban J connectivity index is 1.84. The highest BCUT2D eigenvalue weighted by molar-refractivity contribution is 7.17. The van der Waals surface area contributed by atoms with E-state index in [0.717, 1.165) is 41.1 Å². The molecule has 2 aromatic rings. The standard InChI is InChI=1S/C19H19ClN4OS/c1-22(2)9-3-10-23-12-15-17(18-16(23)8-11-26-18)21-24(19(15)25)14-6-4-13(20)5-7-14/h4-8,11-12H,3,9-10H2,1-2H3. The van der Waals surface area contributed by atoms with Crippen LogP contribution in [0.4, 0.5) is 0 Å². The number of aromatic nitrogens is 3. The number of halogens is 1. The van der Waals surface area contributed by atoms with E-state index >= 15 is 0 Å². The van der Waals surface area contributed by atoms with Crippen molar-refractivity contribution >= 4 is 33.2 Å². The van der Waals surface area contributed by atoms with Gasteiger partial charge in [0.05, 0.1) is 21.5 Å². The molecule has 1 aromatic carbocycles. The van der Waals surface area contributed by atoms with Crippen molar-refractivity contribution in [3.8, 4) is 16.9 Å². The summed E-state index contributed by atoms with van der Waals surface area (Å²) in [6.45, 7) is 1.87. The van der Waals surface area contributed by atoms with Gasteiger partial charge in [-0.15, -0.1) is 11.3 Å². The Morgan fingerprint density at radius 1 is 1.19 bits per heavy atom. The highest BCUT2D eigenvalue weighted by Gasteiger charge is 2.21. The summed E-state index contributed by atoms with van der Waals surface area (Å²) in [5, 5.41) is 7.30.